The molecule has 1 aromatic rings. The van der Waals surface area contributed by atoms with E-state index in [0.717, 1.165) is 5.56 Å². The van der Waals surface area contributed by atoms with Crippen molar-refractivity contribution in [3.05, 3.63) is 35.9 Å². The van der Waals surface area contributed by atoms with Crippen molar-refractivity contribution < 1.29 is 14.6 Å². The molecule has 102 valence electrons. The minimum atomic E-state index is -1.04. The molecule has 2 atom stereocenters. The number of hydrogen-bond donors (Lipinski definition) is 1. The second-order valence-electron chi connectivity index (χ2n) is 6.17. The van der Waals surface area contributed by atoms with Crippen molar-refractivity contribution in [2.45, 2.75) is 38.5 Å². The zero-order chi connectivity index (χ0) is 13.7. The zero-order valence-electron chi connectivity index (χ0n) is 11.3. The van der Waals surface area contributed by atoms with Crippen LogP contribution in [0, 0.1) is 5.41 Å². The van der Waals surface area contributed by atoms with Gasteiger partial charge >= 0.3 is 6.09 Å². The summed E-state index contributed by atoms with van der Waals surface area (Å²) < 4.78 is 5.14. The SMILES string of the molecule is CC1(C)C[C@@]1(O)N1C(=O)OC[C@@H]1Cc1ccccc1. The average molecular weight is 261 g/mol. The molecule has 1 aliphatic carbocycles. The highest BCUT2D eigenvalue weighted by Gasteiger charge is 2.68. The topological polar surface area (TPSA) is 49.8 Å². The van der Waals surface area contributed by atoms with E-state index in [9.17, 15) is 9.90 Å². The largest absolute Gasteiger partial charge is 0.447 e. The van der Waals surface area contributed by atoms with Gasteiger partial charge in [0.05, 0.1) is 6.04 Å². The molecule has 0 spiro atoms. The summed E-state index contributed by atoms with van der Waals surface area (Å²) in [7, 11) is 0. The van der Waals surface area contributed by atoms with Crippen LogP contribution in [0.1, 0.15) is 25.8 Å². The predicted molar refractivity (Wildman–Crippen MR) is 70.5 cm³/mol. The summed E-state index contributed by atoms with van der Waals surface area (Å²) in [5, 5.41) is 10.6. The van der Waals surface area contributed by atoms with Gasteiger partial charge in [-0.25, -0.2) is 4.79 Å². The first kappa shape index (κ1) is 12.5. The van der Waals surface area contributed by atoms with E-state index in [1.54, 1.807) is 4.90 Å². The third kappa shape index (κ3) is 1.91. The van der Waals surface area contributed by atoms with E-state index in [2.05, 4.69) is 0 Å². The van der Waals surface area contributed by atoms with Crippen LogP contribution in [0.5, 0.6) is 0 Å². The van der Waals surface area contributed by atoms with E-state index in [-0.39, 0.29) is 11.5 Å². The smallest absolute Gasteiger partial charge is 0.412 e. The van der Waals surface area contributed by atoms with E-state index in [1.807, 2.05) is 44.2 Å². The average Bonchev–Trinajstić information content (AvgIpc) is 2.68. The van der Waals surface area contributed by atoms with E-state index < -0.39 is 11.8 Å². The van der Waals surface area contributed by atoms with Gasteiger partial charge in [0.2, 0.25) is 0 Å². The molecule has 0 unspecified atom stereocenters. The molecule has 1 amide bonds. The number of carbonyl (C=O) groups is 1. The highest BCUT2D eigenvalue weighted by molar-refractivity contribution is 5.72. The number of nitrogens with zero attached hydrogens (tertiary/aromatic N) is 1. The maximum atomic E-state index is 11.9. The molecule has 4 heteroatoms. The van der Waals surface area contributed by atoms with E-state index in [4.69, 9.17) is 4.74 Å². The summed E-state index contributed by atoms with van der Waals surface area (Å²) in [5.74, 6) is 0. The summed E-state index contributed by atoms with van der Waals surface area (Å²) in [6, 6.07) is 9.91. The molecular weight excluding hydrogens is 242 g/mol. The molecule has 1 heterocycles. The standard InChI is InChI=1S/C15H19NO3/c1-14(2)10-15(14,18)16-12(9-19-13(16)17)8-11-6-4-3-5-7-11/h3-7,12,18H,8-10H2,1-2H3/t12-,15-/m0/s1. The van der Waals surface area contributed by atoms with E-state index in [0.29, 0.717) is 19.4 Å². The molecule has 1 saturated heterocycles. The molecular formula is C15H19NO3. The lowest BCUT2D eigenvalue weighted by molar-refractivity contribution is -0.0324. The highest BCUT2D eigenvalue weighted by atomic mass is 16.6. The minimum Gasteiger partial charge on any atom is -0.447 e. The molecule has 4 nitrogen and oxygen atoms in total. The Morgan fingerprint density at radius 3 is 2.58 bits per heavy atom. The van der Waals surface area contributed by atoms with Gasteiger partial charge < -0.3 is 9.84 Å². The fourth-order valence-electron chi connectivity index (χ4n) is 2.93. The molecule has 19 heavy (non-hydrogen) atoms. The van der Waals surface area contributed by atoms with Crippen LogP contribution in [-0.2, 0) is 11.2 Å². The Labute approximate surface area is 113 Å². The van der Waals surface area contributed by atoms with Crippen molar-refractivity contribution in [2.75, 3.05) is 6.61 Å². The van der Waals surface area contributed by atoms with Crippen molar-refractivity contribution in [1.82, 2.24) is 4.90 Å². The zero-order valence-corrected chi connectivity index (χ0v) is 11.3. The number of benzene rings is 1. The number of aliphatic hydroxyl groups is 1. The maximum Gasteiger partial charge on any atom is 0.412 e. The molecule has 2 aliphatic rings. The predicted octanol–water partition coefficient (Wildman–Crippen LogP) is 2.17. The Balaban J connectivity index is 1.80. The van der Waals surface area contributed by atoms with Crippen LogP contribution in [0.3, 0.4) is 0 Å². The van der Waals surface area contributed by atoms with Crippen LogP contribution in [0.15, 0.2) is 30.3 Å². The Morgan fingerprint density at radius 1 is 1.37 bits per heavy atom. The summed E-state index contributed by atoms with van der Waals surface area (Å²) in [4.78, 5) is 13.4. The van der Waals surface area contributed by atoms with Crippen LogP contribution >= 0.6 is 0 Å². The Hall–Kier alpha value is -1.55. The van der Waals surface area contributed by atoms with Crippen molar-refractivity contribution in [3.63, 3.8) is 0 Å². The first-order valence-electron chi connectivity index (χ1n) is 6.66. The lowest BCUT2D eigenvalue weighted by atomic mass is 10.0. The fraction of sp³-hybridized carbons (Fsp3) is 0.533. The van der Waals surface area contributed by atoms with Crippen LogP contribution in [0.25, 0.3) is 0 Å². The molecule has 1 N–H and O–H groups in total. The lowest BCUT2D eigenvalue weighted by Gasteiger charge is -2.29. The van der Waals surface area contributed by atoms with Crippen LogP contribution in [0.4, 0.5) is 4.79 Å². The number of amides is 1. The van der Waals surface area contributed by atoms with Crippen LogP contribution < -0.4 is 0 Å². The number of cyclic esters (lactones) is 1. The Morgan fingerprint density at radius 2 is 2.00 bits per heavy atom. The molecule has 1 aromatic carbocycles. The van der Waals surface area contributed by atoms with Crippen molar-refractivity contribution in [1.29, 1.82) is 0 Å². The van der Waals surface area contributed by atoms with Gasteiger partial charge in [-0.2, -0.15) is 0 Å². The van der Waals surface area contributed by atoms with Crippen molar-refractivity contribution >= 4 is 6.09 Å². The third-order valence-corrected chi connectivity index (χ3v) is 4.32. The summed E-state index contributed by atoms with van der Waals surface area (Å²) in [6.07, 6.45) is 0.930. The van der Waals surface area contributed by atoms with Gasteiger partial charge in [-0.15, -0.1) is 0 Å². The Bertz CT molecular complexity index is 499. The van der Waals surface area contributed by atoms with Crippen LogP contribution in [-0.4, -0.2) is 34.5 Å². The molecule has 2 fully saturated rings. The van der Waals surface area contributed by atoms with Gasteiger partial charge in [0.25, 0.3) is 0 Å². The number of rotatable bonds is 3. The molecule has 1 saturated carbocycles. The van der Waals surface area contributed by atoms with Crippen LogP contribution in [0.2, 0.25) is 0 Å². The van der Waals surface area contributed by atoms with E-state index >= 15 is 0 Å². The fourth-order valence-corrected chi connectivity index (χ4v) is 2.93. The number of ether oxygens (including phenoxy) is 1. The lowest BCUT2D eigenvalue weighted by Crippen LogP contribution is -2.47. The van der Waals surface area contributed by atoms with E-state index in [1.165, 1.54) is 0 Å². The molecule has 0 bridgehead atoms. The first-order chi connectivity index (χ1) is 8.94. The first-order valence-corrected chi connectivity index (χ1v) is 6.66. The highest BCUT2D eigenvalue weighted by Crippen LogP contribution is 2.58. The van der Waals surface area contributed by atoms with Crippen molar-refractivity contribution in [2.24, 2.45) is 5.41 Å². The summed E-state index contributed by atoms with van der Waals surface area (Å²) in [5.41, 5.74) is -0.136. The molecule has 0 aromatic heterocycles. The molecule has 3 rings (SSSR count). The van der Waals surface area contributed by atoms with Gasteiger partial charge in [0, 0.05) is 11.8 Å². The second-order valence-corrected chi connectivity index (χ2v) is 6.17. The minimum absolute atomic E-state index is 0.0818. The number of carbonyl (C=O) groups excluding carboxylic acids is 1. The van der Waals surface area contributed by atoms with Gasteiger partial charge in [0.15, 0.2) is 0 Å². The van der Waals surface area contributed by atoms with Crippen molar-refractivity contribution in [3.8, 4) is 0 Å². The number of hydrogen-bond acceptors (Lipinski definition) is 3. The summed E-state index contributed by atoms with van der Waals surface area (Å²) in [6.45, 7) is 4.29. The maximum absolute atomic E-state index is 11.9. The molecule has 0 radical (unpaired) electrons. The molecule has 1 aliphatic heterocycles. The second kappa shape index (κ2) is 3.97. The third-order valence-electron chi connectivity index (χ3n) is 4.32. The normalized spacial score (nSPS) is 32.3. The Kier molecular flexibility index (Phi) is 2.61. The summed E-state index contributed by atoms with van der Waals surface area (Å²) >= 11 is 0. The monoisotopic (exact) mass is 261 g/mol. The van der Waals surface area contributed by atoms with Gasteiger partial charge in [-0.1, -0.05) is 44.2 Å². The quantitative estimate of drug-likeness (QED) is 0.907. The van der Waals surface area contributed by atoms with Gasteiger partial charge in [-0.05, 0) is 12.0 Å². The van der Waals surface area contributed by atoms with Gasteiger partial charge in [-0.3, -0.25) is 4.90 Å². The van der Waals surface area contributed by atoms with Gasteiger partial charge in [0.1, 0.15) is 12.3 Å².